The zero-order valence-corrected chi connectivity index (χ0v) is 16.8. The van der Waals surface area contributed by atoms with E-state index in [0.29, 0.717) is 16.8 Å². The van der Waals surface area contributed by atoms with Crippen LogP contribution in [0.1, 0.15) is 24.4 Å². The minimum atomic E-state index is -0.576. The van der Waals surface area contributed by atoms with E-state index in [4.69, 9.17) is 11.6 Å². The number of likely N-dealkylation sites (tertiary alicyclic amines) is 1. The number of amides is 1. The largest absolute Gasteiger partial charge is 0.353 e. The van der Waals surface area contributed by atoms with Crippen molar-refractivity contribution in [1.29, 1.82) is 0 Å². The fourth-order valence-electron chi connectivity index (χ4n) is 3.33. The van der Waals surface area contributed by atoms with Crippen LogP contribution in [0, 0.1) is 0 Å². The van der Waals surface area contributed by atoms with Gasteiger partial charge in [-0.05, 0) is 18.4 Å². The molecule has 1 aromatic carbocycles. The van der Waals surface area contributed by atoms with Gasteiger partial charge in [-0.1, -0.05) is 41.9 Å². The van der Waals surface area contributed by atoms with E-state index in [2.05, 4.69) is 25.7 Å². The number of halogens is 1. The minimum absolute atomic E-state index is 0.0187. The average Bonchev–Trinajstić information content (AvgIpc) is 3.40. The van der Waals surface area contributed by atoms with Crippen molar-refractivity contribution in [2.45, 2.75) is 18.9 Å². The zero-order valence-electron chi connectivity index (χ0n) is 16.0. The van der Waals surface area contributed by atoms with Gasteiger partial charge in [-0.15, -0.1) is 0 Å². The van der Waals surface area contributed by atoms with E-state index in [9.17, 15) is 4.79 Å². The standard InChI is InChI=1S/C20H22ClN7O/c1-27-13-15(11-23-27)24-20-22-12-16(21)18(26-20)25-17(14-7-3-2-4-8-14)19(29)28-9-5-6-10-28/h2-4,7-8,11-13,17H,5-6,9-10H2,1H3,(H2,22,24,25,26). The highest BCUT2D eigenvalue weighted by Gasteiger charge is 2.28. The number of carbonyl (C=O) groups excluding carboxylic acids is 1. The highest BCUT2D eigenvalue weighted by Crippen LogP contribution is 2.28. The molecule has 2 aromatic heterocycles. The van der Waals surface area contributed by atoms with E-state index in [-0.39, 0.29) is 5.91 Å². The molecule has 1 aliphatic heterocycles. The molecule has 2 N–H and O–H groups in total. The molecule has 0 saturated carbocycles. The van der Waals surface area contributed by atoms with E-state index >= 15 is 0 Å². The number of benzene rings is 1. The van der Waals surface area contributed by atoms with Gasteiger partial charge in [0.1, 0.15) is 11.1 Å². The third-order valence-electron chi connectivity index (χ3n) is 4.78. The maximum atomic E-state index is 13.2. The van der Waals surface area contributed by atoms with Crippen LogP contribution in [0.15, 0.2) is 48.9 Å². The predicted octanol–water partition coefficient (Wildman–Crippen LogP) is 3.38. The number of aryl methyl sites for hydroxylation is 1. The second-order valence-electron chi connectivity index (χ2n) is 6.94. The Bertz CT molecular complexity index is 986. The van der Waals surface area contributed by atoms with Gasteiger partial charge in [-0.3, -0.25) is 9.48 Å². The fraction of sp³-hybridized carbons (Fsp3) is 0.300. The molecule has 4 rings (SSSR count). The van der Waals surface area contributed by atoms with Crippen molar-refractivity contribution in [3.8, 4) is 0 Å². The van der Waals surface area contributed by atoms with Gasteiger partial charge in [0.15, 0.2) is 5.82 Å². The second kappa shape index (κ2) is 8.48. The molecule has 150 valence electrons. The lowest BCUT2D eigenvalue weighted by molar-refractivity contribution is -0.131. The zero-order chi connectivity index (χ0) is 20.2. The van der Waals surface area contributed by atoms with Gasteiger partial charge in [0.25, 0.3) is 0 Å². The van der Waals surface area contributed by atoms with Gasteiger partial charge in [0.2, 0.25) is 11.9 Å². The number of nitrogens with one attached hydrogen (secondary N) is 2. The van der Waals surface area contributed by atoms with Gasteiger partial charge >= 0.3 is 0 Å². The number of anilines is 3. The van der Waals surface area contributed by atoms with Crippen LogP contribution < -0.4 is 10.6 Å². The molecule has 1 aliphatic rings. The number of rotatable bonds is 6. The number of aromatic nitrogens is 4. The SMILES string of the molecule is Cn1cc(Nc2ncc(Cl)c(NC(C(=O)N3CCCC3)c3ccccc3)n2)cn1. The first-order valence-corrected chi connectivity index (χ1v) is 9.86. The van der Waals surface area contributed by atoms with Crippen LogP contribution in [0.4, 0.5) is 17.5 Å². The van der Waals surface area contributed by atoms with Gasteiger partial charge in [0.05, 0.1) is 18.1 Å². The van der Waals surface area contributed by atoms with Crippen LogP contribution in [0.25, 0.3) is 0 Å². The highest BCUT2D eigenvalue weighted by molar-refractivity contribution is 6.32. The van der Waals surface area contributed by atoms with Crippen molar-refractivity contribution >= 4 is 35.0 Å². The normalized spacial score (nSPS) is 14.6. The Morgan fingerprint density at radius 3 is 2.62 bits per heavy atom. The van der Waals surface area contributed by atoms with Crippen molar-refractivity contribution in [3.63, 3.8) is 0 Å². The minimum Gasteiger partial charge on any atom is -0.353 e. The Hall–Kier alpha value is -3.13. The van der Waals surface area contributed by atoms with Gasteiger partial charge in [0, 0.05) is 26.3 Å². The van der Waals surface area contributed by atoms with Crippen molar-refractivity contribution in [2.24, 2.45) is 7.05 Å². The quantitative estimate of drug-likeness (QED) is 0.646. The molecule has 3 heterocycles. The summed E-state index contributed by atoms with van der Waals surface area (Å²) < 4.78 is 1.68. The molecule has 0 spiro atoms. The first-order chi connectivity index (χ1) is 14.1. The van der Waals surface area contributed by atoms with Crippen LogP contribution in [0.2, 0.25) is 5.02 Å². The van der Waals surface area contributed by atoms with E-state index in [1.165, 1.54) is 6.20 Å². The lowest BCUT2D eigenvalue weighted by Crippen LogP contribution is -2.36. The van der Waals surface area contributed by atoms with Crippen molar-refractivity contribution in [1.82, 2.24) is 24.6 Å². The lowest BCUT2D eigenvalue weighted by atomic mass is 10.1. The third kappa shape index (κ3) is 4.48. The molecule has 1 saturated heterocycles. The maximum absolute atomic E-state index is 13.2. The summed E-state index contributed by atoms with van der Waals surface area (Å²) in [6.45, 7) is 1.55. The molecule has 8 nitrogen and oxygen atoms in total. The second-order valence-corrected chi connectivity index (χ2v) is 7.35. The Labute approximate surface area is 173 Å². The van der Waals surface area contributed by atoms with Crippen LogP contribution in [0.3, 0.4) is 0 Å². The number of hydrogen-bond donors (Lipinski definition) is 2. The summed E-state index contributed by atoms with van der Waals surface area (Å²) in [5, 5.41) is 10.8. The molecule has 1 atom stereocenters. The molecule has 1 unspecified atom stereocenters. The molecular formula is C20H22ClN7O. The first-order valence-electron chi connectivity index (χ1n) is 9.48. The topological polar surface area (TPSA) is 88.0 Å². The van der Waals surface area contributed by atoms with Gasteiger partial charge < -0.3 is 15.5 Å². The van der Waals surface area contributed by atoms with Crippen LogP contribution in [-0.4, -0.2) is 43.6 Å². The smallest absolute Gasteiger partial charge is 0.249 e. The average molecular weight is 412 g/mol. The summed E-state index contributed by atoms with van der Waals surface area (Å²) in [6.07, 6.45) is 7.06. The monoisotopic (exact) mass is 411 g/mol. The van der Waals surface area contributed by atoms with Crippen LogP contribution in [-0.2, 0) is 11.8 Å². The molecule has 0 radical (unpaired) electrons. The third-order valence-corrected chi connectivity index (χ3v) is 5.06. The summed E-state index contributed by atoms with van der Waals surface area (Å²) >= 11 is 6.34. The number of carbonyl (C=O) groups is 1. The molecule has 1 fully saturated rings. The summed E-state index contributed by atoms with van der Waals surface area (Å²) in [5.74, 6) is 0.782. The van der Waals surface area contributed by atoms with Crippen molar-refractivity contribution in [2.75, 3.05) is 23.7 Å². The number of hydrogen-bond acceptors (Lipinski definition) is 6. The van der Waals surface area contributed by atoms with Crippen LogP contribution >= 0.6 is 11.6 Å². The molecular weight excluding hydrogens is 390 g/mol. The maximum Gasteiger partial charge on any atom is 0.249 e. The Balaban J connectivity index is 1.61. The van der Waals surface area contributed by atoms with Crippen molar-refractivity contribution in [3.05, 3.63) is 59.5 Å². The number of nitrogens with zero attached hydrogens (tertiary/aromatic N) is 5. The van der Waals surface area contributed by atoms with E-state index < -0.39 is 6.04 Å². The molecule has 0 aliphatic carbocycles. The summed E-state index contributed by atoms with van der Waals surface area (Å²) in [7, 11) is 1.83. The van der Waals surface area contributed by atoms with Crippen LogP contribution in [0.5, 0.6) is 0 Å². The molecule has 3 aromatic rings. The summed E-state index contributed by atoms with van der Waals surface area (Å²) in [6, 6.07) is 9.03. The lowest BCUT2D eigenvalue weighted by Gasteiger charge is -2.25. The van der Waals surface area contributed by atoms with E-state index in [1.807, 2.05) is 48.5 Å². The summed E-state index contributed by atoms with van der Waals surface area (Å²) in [5.41, 5.74) is 1.62. The Kier molecular flexibility index (Phi) is 5.62. The van der Waals surface area contributed by atoms with Gasteiger partial charge in [-0.25, -0.2) is 4.98 Å². The first kappa shape index (κ1) is 19.2. The van der Waals surface area contributed by atoms with E-state index in [0.717, 1.165) is 37.2 Å². The molecule has 9 heteroatoms. The van der Waals surface area contributed by atoms with E-state index in [1.54, 1.807) is 10.9 Å². The highest BCUT2D eigenvalue weighted by atomic mass is 35.5. The molecule has 1 amide bonds. The van der Waals surface area contributed by atoms with Gasteiger partial charge in [-0.2, -0.15) is 10.1 Å². The predicted molar refractivity (Wildman–Crippen MR) is 112 cm³/mol. The molecule has 0 bridgehead atoms. The fourth-order valence-corrected chi connectivity index (χ4v) is 3.48. The summed E-state index contributed by atoms with van der Waals surface area (Å²) in [4.78, 5) is 23.8. The van der Waals surface area contributed by atoms with Crippen molar-refractivity contribution < 1.29 is 4.79 Å². The Morgan fingerprint density at radius 1 is 1.17 bits per heavy atom. The Morgan fingerprint density at radius 2 is 1.93 bits per heavy atom. The molecule has 29 heavy (non-hydrogen) atoms.